The van der Waals surface area contributed by atoms with Gasteiger partial charge in [0.05, 0.1) is 19.8 Å². The van der Waals surface area contributed by atoms with E-state index in [-0.39, 0.29) is 23.7 Å². The van der Waals surface area contributed by atoms with Gasteiger partial charge in [-0.15, -0.1) is 0 Å². The van der Waals surface area contributed by atoms with Crippen LogP contribution < -0.4 is 14.8 Å². The topological polar surface area (TPSA) is 82.8 Å². The molecule has 28 heavy (non-hydrogen) atoms. The van der Waals surface area contributed by atoms with E-state index >= 15 is 0 Å². The molecule has 2 atom stereocenters. The van der Waals surface area contributed by atoms with Crippen molar-refractivity contribution in [2.24, 2.45) is 5.92 Å². The molecule has 2 unspecified atom stereocenters. The van der Waals surface area contributed by atoms with Gasteiger partial charge in [0.2, 0.25) is 0 Å². The molecule has 0 radical (unpaired) electrons. The zero-order valence-electron chi connectivity index (χ0n) is 16.9. The van der Waals surface area contributed by atoms with Crippen LogP contribution in [0.5, 0.6) is 11.5 Å². The average Bonchev–Trinajstić information content (AvgIpc) is 3.37. The molecule has 2 heterocycles. The molecular formula is C21H28N2O5. The molecule has 7 heteroatoms. The summed E-state index contributed by atoms with van der Waals surface area (Å²) in [5.41, 5.74) is 1.19. The summed E-state index contributed by atoms with van der Waals surface area (Å²) in [6.07, 6.45) is 2.88. The van der Waals surface area contributed by atoms with E-state index in [0.29, 0.717) is 36.4 Å². The summed E-state index contributed by atoms with van der Waals surface area (Å²) >= 11 is 0. The average molecular weight is 388 g/mol. The van der Waals surface area contributed by atoms with E-state index in [4.69, 9.17) is 18.6 Å². The first-order chi connectivity index (χ1) is 13.5. The highest BCUT2D eigenvalue weighted by Gasteiger charge is 2.28. The zero-order chi connectivity index (χ0) is 20.1. The number of ether oxygens (including phenoxy) is 3. The maximum atomic E-state index is 12.7. The Bertz CT molecular complexity index is 796. The van der Waals surface area contributed by atoms with Crippen LogP contribution >= 0.6 is 0 Å². The SMILES string of the molecule is COc1cc(C(C)NC(=O)c2ncoc2C2CCCO2)ccc1OCC(C)C. The number of hydrogen-bond acceptors (Lipinski definition) is 6. The smallest absolute Gasteiger partial charge is 0.274 e. The van der Waals surface area contributed by atoms with Crippen LogP contribution in [0, 0.1) is 5.92 Å². The van der Waals surface area contributed by atoms with Gasteiger partial charge in [0.1, 0.15) is 6.10 Å². The Balaban J connectivity index is 1.70. The molecule has 1 amide bonds. The molecule has 1 aliphatic heterocycles. The Morgan fingerprint density at radius 1 is 1.32 bits per heavy atom. The van der Waals surface area contributed by atoms with Crippen molar-refractivity contribution in [1.29, 1.82) is 0 Å². The monoisotopic (exact) mass is 388 g/mol. The molecule has 152 valence electrons. The molecule has 1 aliphatic rings. The van der Waals surface area contributed by atoms with Crippen molar-refractivity contribution in [3.63, 3.8) is 0 Å². The van der Waals surface area contributed by atoms with E-state index in [1.54, 1.807) is 7.11 Å². The standard InChI is InChI=1S/C21H28N2O5/c1-13(2)11-27-16-8-7-15(10-18(16)25-4)14(3)23-21(24)19-20(28-12-22-19)17-6-5-9-26-17/h7-8,10,12-14,17H,5-6,9,11H2,1-4H3,(H,23,24). The molecule has 2 aromatic rings. The van der Waals surface area contributed by atoms with E-state index in [0.717, 1.165) is 18.4 Å². The molecule has 1 saturated heterocycles. The molecule has 1 fully saturated rings. The molecule has 1 aromatic carbocycles. The summed E-state index contributed by atoms with van der Waals surface area (Å²) in [6.45, 7) is 7.38. The van der Waals surface area contributed by atoms with Crippen molar-refractivity contribution in [2.75, 3.05) is 20.3 Å². The van der Waals surface area contributed by atoms with E-state index in [2.05, 4.69) is 24.1 Å². The van der Waals surface area contributed by atoms with Crippen LogP contribution in [-0.4, -0.2) is 31.2 Å². The normalized spacial score (nSPS) is 17.5. The molecule has 0 spiro atoms. The van der Waals surface area contributed by atoms with E-state index in [1.807, 2.05) is 25.1 Å². The first-order valence-electron chi connectivity index (χ1n) is 9.66. The number of benzene rings is 1. The van der Waals surface area contributed by atoms with Crippen molar-refractivity contribution in [3.8, 4) is 11.5 Å². The summed E-state index contributed by atoms with van der Waals surface area (Å²) in [5.74, 6) is 1.96. The number of rotatable bonds is 8. The summed E-state index contributed by atoms with van der Waals surface area (Å²) in [5, 5.41) is 2.97. The van der Waals surface area contributed by atoms with E-state index in [9.17, 15) is 4.79 Å². The van der Waals surface area contributed by atoms with Crippen LogP contribution in [0.2, 0.25) is 0 Å². The van der Waals surface area contributed by atoms with Gasteiger partial charge in [-0.1, -0.05) is 19.9 Å². The number of methoxy groups -OCH3 is 1. The van der Waals surface area contributed by atoms with Crippen molar-refractivity contribution in [3.05, 3.63) is 41.6 Å². The lowest BCUT2D eigenvalue weighted by Gasteiger charge is -2.18. The van der Waals surface area contributed by atoms with Gasteiger partial charge < -0.3 is 23.9 Å². The Morgan fingerprint density at radius 2 is 2.14 bits per heavy atom. The number of aromatic nitrogens is 1. The molecule has 0 aliphatic carbocycles. The van der Waals surface area contributed by atoms with Crippen molar-refractivity contribution in [2.45, 2.75) is 45.8 Å². The molecule has 1 aromatic heterocycles. The van der Waals surface area contributed by atoms with E-state index in [1.165, 1.54) is 6.39 Å². The van der Waals surface area contributed by atoms with Gasteiger partial charge in [-0.2, -0.15) is 0 Å². The Morgan fingerprint density at radius 3 is 2.82 bits per heavy atom. The lowest BCUT2D eigenvalue weighted by atomic mass is 10.1. The van der Waals surface area contributed by atoms with Crippen molar-refractivity contribution < 1.29 is 23.4 Å². The number of carbonyl (C=O) groups is 1. The largest absolute Gasteiger partial charge is 0.493 e. The summed E-state index contributed by atoms with van der Waals surface area (Å²) < 4.78 is 22.3. The van der Waals surface area contributed by atoms with Gasteiger partial charge in [-0.05, 0) is 43.4 Å². The lowest BCUT2D eigenvalue weighted by Crippen LogP contribution is -2.28. The second kappa shape index (κ2) is 9.10. The van der Waals surface area contributed by atoms with Gasteiger partial charge in [0, 0.05) is 6.61 Å². The first kappa shape index (κ1) is 20.2. The van der Waals surface area contributed by atoms with Gasteiger partial charge in [-0.25, -0.2) is 4.98 Å². The minimum atomic E-state index is -0.286. The van der Waals surface area contributed by atoms with Crippen LogP contribution in [0.4, 0.5) is 0 Å². The highest BCUT2D eigenvalue weighted by molar-refractivity contribution is 5.93. The molecule has 3 rings (SSSR count). The van der Waals surface area contributed by atoms with Crippen LogP contribution in [0.15, 0.2) is 29.0 Å². The maximum absolute atomic E-state index is 12.7. The summed E-state index contributed by atoms with van der Waals surface area (Å²) in [4.78, 5) is 16.8. The molecule has 0 bridgehead atoms. The molecule has 7 nitrogen and oxygen atoms in total. The zero-order valence-corrected chi connectivity index (χ0v) is 16.9. The predicted octanol–water partition coefficient (Wildman–Crippen LogP) is 4.06. The number of oxazole rings is 1. The number of hydrogen-bond donors (Lipinski definition) is 1. The fraction of sp³-hybridized carbons (Fsp3) is 0.524. The minimum Gasteiger partial charge on any atom is -0.493 e. The summed E-state index contributed by atoms with van der Waals surface area (Å²) in [7, 11) is 1.61. The Hall–Kier alpha value is -2.54. The minimum absolute atomic E-state index is 0.198. The first-order valence-corrected chi connectivity index (χ1v) is 9.66. The fourth-order valence-electron chi connectivity index (χ4n) is 3.12. The van der Waals surface area contributed by atoms with Crippen LogP contribution in [0.1, 0.15) is 67.6 Å². The number of nitrogens with zero attached hydrogens (tertiary/aromatic N) is 1. The fourth-order valence-corrected chi connectivity index (χ4v) is 3.12. The van der Waals surface area contributed by atoms with Gasteiger partial charge in [0.15, 0.2) is 29.3 Å². The Kier molecular flexibility index (Phi) is 6.57. The van der Waals surface area contributed by atoms with Crippen LogP contribution in [0.3, 0.4) is 0 Å². The molecular weight excluding hydrogens is 360 g/mol. The highest BCUT2D eigenvalue weighted by Crippen LogP contribution is 2.32. The summed E-state index contributed by atoms with van der Waals surface area (Å²) in [6, 6.07) is 5.43. The maximum Gasteiger partial charge on any atom is 0.274 e. The second-order valence-corrected chi connectivity index (χ2v) is 7.38. The Labute approximate surface area is 165 Å². The number of carbonyl (C=O) groups excluding carboxylic acids is 1. The van der Waals surface area contributed by atoms with Crippen LogP contribution in [-0.2, 0) is 4.74 Å². The third-order valence-corrected chi connectivity index (χ3v) is 4.64. The quantitative estimate of drug-likeness (QED) is 0.734. The lowest BCUT2D eigenvalue weighted by molar-refractivity contribution is 0.0854. The number of nitrogens with one attached hydrogen (secondary N) is 1. The highest BCUT2D eigenvalue weighted by atomic mass is 16.5. The van der Waals surface area contributed by atoms with Crippen molar-refractivity contribution in [1.82, 2.24) is 10.3 Å². The van der Waals surface area contributed by atoms with Gasteiger partial charge in [0.25, 0.3) is 5.91 Å². The van der Waals surface area contributed by atoms with Gasteiger partial charge in [-0.3, -0.25) is 4.79 Å². The third kappa shape index (κ3) is 4.65. The van der Waals surface area contributed by atoms with Gasteiger partial charge >= 0.3 is 0 Å². The van der Waals surface area contributed by atoms with Crippen molar-refractivity contribution >= 4 is 5.91 Å². The predicted molar refractivity (Wildman–Crippen MR) is 104 cm³/mol. The molecule has 0 saturated carbocycles. The third-order valence-electron chi connectivity index (χ3n) is 4.64. The molecule has 1 N–H and O–H groups in total. The number of amides is 1. The second-order valence-electron chi connectivity index (χ2n) is 7.38. The van der Waals surface area contributed by atoms with E-state index < -0.39 is 0 Å². The van der Waals surface area contributed by atoms with Crippen LogP contribution in [0.25, 0.3) is 0 Å².